The summed E-state index contributed by atoms with van der Waals surface area (Å²) < 4.78 is 0. The summed E-state index contributed by atoms with van der Waals surface area (Å²) in [6, 6.07) is 0. The van der Waals surface area contributed by atoms with E-state index in [0.29, 0.717) is 11.0 Å². The Morgan fingerprint density at radius 1 is 0.800 bits per heavy atom. The lowest BCUT2D eigenvalue weighted by atomic mass is 9.70. The Bertz CT molecular complexity index is 561. The summed E-state index contributed by atoms with van der Waals surface area (Å²) in [7, 11) is 0. The summed E-state index contributed by atoms with van der Waals surface area (Å²) in [6.45, 7) is 18.3. The van der Waals surface area contributed by atoms with Crippen LogP contribution in [-0.2, 0) is 5.41 Å². The van der Waals surface area contributed by atoms with Gasteiger partial charge in [0.25, 0.3) is 0 Å². The van der Waals surface area contributed by atoms with Crippen molar-refractivity contribution >= 4 is 5.95 Å². The molecule has 3 rings (SSSR count). The SMILES string of the molecule is CC(C)(C)c1cnc(N2CCC3(CC2)CCN(C(C)(C)C)CC3)nc1. The van der Waals surface area contributed by atoms with Crippen molar-refractivity contribution in [3.05, 3.63) is 18.0 Å². The van der Waals surface area contributed by atoms with E-state index in [4.69, 9.17) is 0 Å². The second kappa shape index (κ2) is 6.53. The van der Waals surface area contributed by atoms with Crippen LogP contribution in [0.15, 0.2) is 12.4 Å². The van der Waals surface area contributed by atoms with Crippen LogP contribution < -0.4 is 4.90 Å². The number of piperidine rings is 2. The van der Waals surface area contributed by atoms with Gasteiger partial charge in [0.05, 0.1) is 0 Å². The molecule has 140 valence electrons. The molecule has 0 atom stereocenters. The Labute approximate surface area is 154 Å². The maximum atomic E-state index is 4.65. The molecule has 1 aromatic heterocycles. The minimum atomic E-state index is 0.117. The summed E-state index contributed by atoms with van der Waals surface area (Å²) >= 11 is 0. The third-order valence-corrected chi connectivity index (χ3v) is 6.38. The Hall–Kier alpha value is -1.16. The predicted molar refractivity (Wildman–Crippen MR) is 105 cm³/mol. The number of nitrogens with zero attached hydrogens (tertiary/aromatic N) is 4. The van der Waals surface area contributed by atoms with Crippen LogP contribution in [-0.4, -0.2) is 46.6 Å². The van der Waals surface area contributed by atoms with Crippen LogP contribution >= 0.6 is 0 Å². The standard InChI is InChI=1S/C21H36N4/c1-19(2,3)17-15-22-18(23-16-17)24-11-7-21(8-12-24)9-13-25(14-10-21)20(4,5)6/h15-16H,7-14H2,1-6H3. The van der Waals surface area contributed by atoms with Crippen LogP contribution in [0.5, 0.6) is 0 Å². The molecule has 0 aromatic carbocycles. The van der Waals surface area contributed by atoms with Crippen LogP contribution in [0.2, 0.25) is 0 Å². The Morgan fingerprint density at radius 2 is 1.28 bits per heavy atom. The molecule has 0 amide bonds. The third-order valence-electron chi connectivity index (χ3n) is 6.38. The summed E-state index contributed by atoms with van der Waals surface area (Å²) in [6.07, 6.45) is 9.29. The first-order valence-corrected chi connectivity index (χ1v) is 9.92. The van der Waals surface area contributed by atoms with Gasteiger partial charge in [-0.05, 0) is 75.9 Å². The van der Waals surface area contributed by atoms with Gasteiger partial charge in [-0.3, -0.25) is 4.90 Å². The zero-order valence-corrected chi connectivity index (χ0v) is 17.1. The molecule has 2 fully saturated rings. The maximum Gasteiger partial charge on any atom is 0.225 e. The van der Waals surface area contributed by atoms with E-state index in [0.717, 1.165) is 19.0 Å². The normalized spacial score (nSPS) is 22.4. The van der Waals surface area contributed by atoms with E-state index in [1.165, 1.54) is 44.3 Å². The summed E-state index contributed by atoms with van der Waals surface area (Å²) in [5.41, 5.74) is 2.19. The maximum absolute atomic E-state index is 4.65. The Morgan fingerprint density at radius 3 is 1.72 bits per heavy atom. The monoisotopic (exact) mass is 344 g/mol. The first-order valence-electron chi connectivity index (χ1n) is 9.92. The molecule has 25 heavy (non-hydrogen) atoms. The molecule has 2 aliphatic heterocycles. The summed E-state index contributed by atoms with van der Waals surface area (Å²) in [4.78, 5) is 14.3. The van der Waals surface area contributed by atoms with Gasteiger partial charge in [-0.15, -0.1) is 0 Å². The molecule has 4 heteroatoms. The van der Waals surface area contributed by atoms with E-state index in [2.05, 4.69) is 61.3 Å². The first-order chi connectivity index (χ1) is 11.6. The molecule has 0 N–H and O–H groups in total. The summed E-state index contributed by atoms with van der Waals surface area (Å²) in [5, 5.41) is 0. The van der Waals surface area contributed by atoms with Gasteiger partial charge in [-0.2, -0.15) is 0 Å². The van der Waals surface area contributed by atoms with Gasteiger partial charge in [0.1, 0.15) is 0 Å². The van der Waals surface area contributed by atoms with Gasteiger partial charge in [0, 0.05) is 31.0 Å². The van der Waals surface area contributed by atoms with E-state index in [-0.39, 0.29) is 5.41 Å². The number of hydrogen-bond acceptors (Lipinski definition) is 4. The quantitative estimate of drug-likeness (QED) is 0.762. The van der Waals surface area contributed by atoms with Crippen molar-refractivity contribution in [3.63, 3.8) is 0 Å². The second-order valence-electron chi connectivity index (χ2n) is 10.2. The fourth-order valence-electron chi connectivity index (χ4n) is 4.20. The van der Waals surface area contributed by atoms with E-state index in [9.17, 15) is 0 Å². The lowest BCUT2D eigenvalue weighted by Gasteiger charge is -2.49. The van der Waals surface area contributed by atoms with Crippen molar-refractivity contribution in [2.75, 3.05) is 31.1 Å². The zero-order chi connectivity index (χ0) is 18.3. The lowest BCUT2D eigenvalue weighted by molar-refractivity contribution is 0.0292. The molecule has 2 aliphatic rings. The molecule has 1 aromatic rings. The fourth-order valence-corrected chi connectivity index (χ4v) is 4.20. The van der Waals surface area contributed by atoms with Crippen LogP contribution in [0, 0.1) is 5.41 Å². The van der Waals surface area contributed by atoms with Crippen LogP contribution in [0.3, 0.4) is 0 Å². The second-order valence-corrected chi connectivity index (χ2v) is 10.2. The highest BCUT2D eigenvalue weighted by Crippen LogP contribution is 2.42. The molecule has 3 heterocycles. The van der Waals surface area contributed by atoms with E-state index in [1.54, 1.807) is 0 Å². The molecule has 4 nitrogen and oxygen atoms in total. The Balaban J connectivity index is 1.57. The van der Waals surface area contributed by atoms with Gasteiger partial charge in [-0.25, -0.2) is 9.97 Å². The van der Waals surface area contributed by atoms with Gasteiger partial charge >= 0.3 is 0 Å². The lowest BCUT2D eigenvalue weighted by Crippen LogP contribution is -2.52. The van der Waals surface area contributed by atoms with Crippen molar-refractivity contribution in [1.82, 2.24) is 14.9 Å². The number of anilines is 1. The topological polar surface area (TPSA) is 32.3 Å². The van der Waals surface area contributed by atoms with E-state index in [1.807, 2.05) is 12.4 Å². The highest BCUT2D eigenvalue weighted by atomic mass is 15.3. The number of hydrogen-bond donors (Lipinski definition) is 0. The van der Waals surface area contributed by atoms with Crippen molar-refractivity contribution < 1.29 is 0 Å². The average Bonchev–Trinajstić information content (AvgIpc) is 2.54. The van der Waals surface area contributed by atoms with Gasteiger partial charge in [0.15, 0.2) is 0 Å². The fraction of sp³-hybridized carbons (Fsp3) is 0.810. The summed E-state index contributed by atoms with van der Waals surface area (Å²) in [5.74, 6) is 0.912. The van der Waals surface area contributed by atoms with Crippen LogP contribution in [0.4, 0.5) is 5.95 Å². The van der Waals surface area contributed by atoms with E-state index < -0.39 is 0 Å². The van der Waals surface area contributed by atoms with E-state index >= 15 is 0 Å². The van der Waals surface area contributed by atoms with Crippen molar-refractivity contribution in [1.29, 1.82) is 0 Å². The van der Waals surface area contributed by atoms with Crippen molar-refractivity contribution in [3.8, 4) is 0 Å². The van der Waals surface area contributed by atoms with Crippen LogP contribution in [0.1, 0.15) is 72.8 Å². The molecular formula is C21H36N4. The largest absolute Gasteiger partial charge is 0.341 e. The molecule has 0 bridgehead atoms. The average molecular weight is 345 g/mol. The highest BCUT2D eigenvalue weighted by molar-refractivity contribution is 5.32. The molecule has 0 saturated carbocycles. The zero-order valence-electron chi connectivity index (χ0n) is 17.1. The van der Waals surface area contributed by atoms with Crippen molar-refractivity contribution in [2.24, 2.45) is 5.41 Å². The molecule has 2 saturated heterocycles. The van der Waals surface area contributed by atoms with Gasteiger partial charge in [0.2, 0.25) is 5.95 Å². The number of likely N-dealkylation sites (tertiary alicyclic amines) is 1. The first kappa shape index (κ1) is 18.6. The molecular weight excluding hydrogens is 308 g/mol. The predicted octanol–water partition coefficient (Wildman–Crippen LogP) is 4.26. The van der Waals surface area contributed by atoms with Crippen molar-refractivity contribution in [2.45, 2.75) is 78.2 Å². The van der Waals surface area contributed by atoms with Gasteiger partial charge < -0.3 is 4.90 Å². The van der Waals surface area contributed by atoms with Crippen LogP contribution in [0.25, 0.3) is 0 Å². The molecule has 0 unspecified atom stereocenters. The third kappa shape index (κ3) is 4.16. The molecule has 0 radical (unpaired) electrons. The minimum absolute atomic E-state index is 0.117. The number of rotatable bonds is 1. The number of aromatic nitrogens is 2. The molecule has 1 spiro atoms. The molecule has 0 aliphatic carbocycles. The minimum Gasteiger partial charge on any atom is -0.341 e. The smallest absolute Gasteiger partial charge is 0.225 e. The Kier molecular flexibility index (Phi) is 4.87. The van der Waals surface area contributed by atoms with Gasteiger partial charge in [-0.1, -0.05) is 20.8 Å². The highest BCUT2D eigenvalue weighted by Gasteiger charge is 2.39.